The largest absolute Gasteiger partial charge is 0.385 e. The summed E-state index contributed by atoms with van der Waals surface area (Å²) in [7, 11) is 1.63. The lowest BCUT2D eigenvalue weighted by Gasteiger charge is -2.19. The molecule has 0 aromatic heterocycles. The van der Waals surface area contributed by atoms with Gasteiger partial charge >= 0.3 is 0 Å². The quantitative estimate of drug-likeness (QED) is 0.588. The molecule has 1 aliphatic rings. The molecule has 0 aliphatic carbocycles. The zero-order valence-electron chi connectivity index (χ0n) is 15.4. The van der Waals surface area contributed by atoms with Gasteiger partial charge < -0.3 is 15.4 Å². The molecule has 2 N–H and O–H groups in total. The summed E-state index contributed by atoms with van der Waals surface area (Å²) in [6, 6.07) is 13.4. The number of hydrogen-bond donors (Lipinski definition) is 2. The van der Waals surface area contributed by atoms with Crippen molar-refractivity contribution in [2.24, 2.45) is 0 Å². The average Bonchev–Trinajstić information content (AvgIpc) is 2.65. The van der Waals surface area contributed by atoms with Crippen LogP contribution in [-0.2, 0) is 9.53 Å². The van der Waals surface area contributed by atoms with Crippen molar-refractivity contribution in [2.45, 2.75) is 18.2 Å². The normalized spacial score (nSPS) is 14.6. The molecule has 0 fully saturated rings. The minimum atomic E-state index is -0.161. The molecule has 3 rings (SSSR count). The molecule has 2 amide bonds. The fraction of sp³-hybridized carbons (Fsp3) is 0.238. The van der Waals surface area contributed by atoms with Crippen LogP contribution in [0.25, 0.3) is 6.08 Å². The number of ether oxygens (including phenoxy) is 1. The van der Waals surface area contributed by atoms with Crippen LogP contribution in [0.2, 0.25) is 0 Å². The van der Waals surface area contributed by atoms with Crippen molar-refractivity contribution in [3.05, 3.63) is 64.1 Å². The van der Waals surface area contributed by atoms with Gasteiger partial charge in [0.2, 0.25) is 0 Å². The highest BCUT2D eigenvalue weighted by Gasteiger charge is 2.22. The Morgan fingerprint density at radius 2 is 2.11 bits per heavy atom. The number of amides is 2. The first-order valence-corrected chi connectivity index (χ1v) is 9.57. The molecule has 6 heteroatoms. The fourth-order valence-corrected chi connectivity index (χ4v) is 3.67. The Kier molecular flexibility index (Phi) is 6.32. The van der Waals surface area contributed by atoms with E-state index in [0.29, 0.717) is 29.3 Å². The van der Waals surface area contributed by atoms with Crippen molar-refractivity contribution in [1.29, 1.82) is 0 Å². The number of aryl methyl sites for hydroxylation is 1. The summed E-state index contributed by atoms with van der Waals surface area (Å²) < 4.78 is 4.97. The van der Waals surface area contributed by atoms with E-state index in [1.165, 1.54) is 11.8 Å². The van der Waals surface area contributed by atoms with Gasteiger partial charge in [0.15, 0.2) is 0 Å². The molecule has 140 valence electrons. The molecule has 0 spiro atoms. The van der Waals surface area contributed by atoms with Crippen molar-refractivity contribution in [1.82, 2.24) is 5.32 Å². The summed E-state index contributed by atoms with van der Waals surface area (Å²) in [4.78, 5) is 26.2. The van der Waals surface area contributed by atoms with Gasteiger partial charge in [-0.25, -0.2) is 0 Å². The van der Waals surface area contributed by atoms with Crippen LogP contribution in [0.3, 0.4) is 0 Å². The Labute approximate surface area is 163 Å². The van der Waals surface area contributed by atoms with Gasteiger partial charge in [-0.3, -0.25) is 9.59 Å². The molecule has 1 heterocycles. The molecule has 2 aromatic carbocycles. The molecule has 27 heavy (non-hydrogen) atoms. The van der Waals surface area contributed by atoms with Crippen molar-refractivity contribution in [2.75, 3.05) is 25.6 Å². The minimum Gasteiger partial charge on any atom is -0.385 e. The third-order valence-electron chi connectivity index (χ3n) is 4.08. The Balaban J connectivity index is 1.73. The SMILES string of the molecule is COCCCNC(=O)c1ccc2c(c1)NC(=O)C(=Cc1cccc(C)c1)S2. The molecule has 0 saturated carbocycles. The highest BCUT2D eigenvalue weighted by Crippen LogP contribution is 2.39. The standard InChI is InChI=1S/C21H22N2O3S/c1-14-5-3-6-15(11-14)12-19-21(25)23-17-13-16(7-8-18(17)27-19)20(24)22-9-4-10-26-2/h3,5-8,11-13H,4,9-10H2,1-2H3,(H,22,24)(H,23,25). The van der Waals surface area contributed by atoms with Crippen LogP contribution in [-0.4, -0.2) is 32.1 Å². The van der Waals surface area contributed by atoms with Gasteiger partial charge in [0.1, 0.15) is 0 Å². The van der Waals surface area contributed by atoms with Crippen LogP contribution in [0.1, 0.15) is 27.9 Å². The van der Waals surface area contributed by atoms with Gasteiger partial charge in [-0.05, 0) is 43.2 Å². The smallest absolute Gasteiger partial charge is 0.262 e. The molecular weight excluding hydrogens is 360 g/mol. The lowest BCUT2D eigenvalue weighted by Crippen LogP contribution is -2.25. The molecule has 0 radical (unpaired) electrons. The van der Waals surface area contributed by atoms with Gasteiger partial charge in [0.25, 0.3) is 11.8 Å². The second kappa shape index (κ2) is 8.88. The van der Waals surface area contributed by atoms with Gasteiger partial charge in [0, 0.05) is 30.7 Å². The number of fused-ring (bicyclic) bond motifs is 1. The van der Waals surface area contributed by atoms with E-state index in [4.69, 9.17) is 4.74 Å². The number of thioether (sulfide) groups is 1. The Bertz CT molecular complexity index is 893. The van der Waals surface area contributed by atoms with E-state index >= 15 is 0 Å². The lowest BCUT2D eigenvalue weighted by molar-refractivity contribution is -0.112. The van der Waals surface area contributed by atoms with E-state index < -0.39 is 0 Å². The number of hydrogen-bond acceptors (Lipinski definition) is 4. The molecule has 2 aromatic rings. The summed E-state index contributed by atoms with van der Waals surface area (Å²) in [5.41, 5.74) is 3.32. The number of carbonyl (C=O) groups is 2. The molecule has 0 bridgehead atoms. The van der Waals surface area contributed by atoms with Crippen LogP contribution in [0.15, 0.2) is 52.3 Å². The Hall–Kier alpha value is -2.57. The molecule has 5 nitrogen and oxygen atoms in total. The first-order valence-electron chi connectivity index (χ1n) is 8.75. The summed E-state index contributed by atoms with van der Waals surface area (Å²) in [6.07, 6.45) is 2.64. The average molecular weight is 382 g/mol. The second-order valence-corrected chi connectivity index (χ2v) is 7.38. The van der Waals surface area contributed by atoms with Crippen molar-refractivity contribution >= 4 is 35.3 Å². The van der Waals surface area contributed by atoms with E-state index in [9.17, 15) is 9.59 Å². The van der Waals surface area contributed by atoms with Crippen LogP contribution in [0.5, 0.6) is 0 Å². The second-order valence-electron chi connectivity index (χ2n) is 6.29. The Morgan fingerprint density at radius 1 is 1.26 bits per heavy atom. The van der Waals surface area contributed by atoms with E-state index in [0.717, 1.165) is 22.4 Å². The predicted molar refractivity (Wildman–Crippen MR) is 109 cm³/mol. The highest BCUT2D eigenvalue weighted by atomic mass is 32.2. The fourth-order valence-electron chi connectivity index (χ4n) is 2.73. The van der Waals surface area contributed by atoms with E-state index in [-0.39, 0.29) is 11.8 Å². The third-order valence-corrected chi connectivity index (χ3v) is 5.18. The van der Waals surface area contributed by atoms with Crippen molar-refractivity contribution in [3.8, 4) is 0 Å². The van der Waals surface area contributed by atoms with Crippen molar-refractivity contribution < 1.29 is 14.3 Å². The first-order chi connectivity index (χ1) is 13.1. The highest BCUT2D eigenvalue weighted by molar-refractivity contribution is 8.04. The maximum atomic E-state index is 12.5. The minimum absolute atomic E-state index is 0.158. The number of anilines is 1. The van der Waals surface area contributed by atoms with Crippen LogP contribution < -0.4 is 10.6 Å². The summed E-state index contributed by atoms with van der Waals surface area (Å²) >= 11 is 1.41. The number of carbonyl (C=O) groups excluding carboxylic acids is 2. The van der Waals surface area contributed by atoms with Crippen LogP contribution in [0, 0.1) is 6.92 Å². The van der Waals surface area contributed by atoms with Crippen LogP contribution >= 0.6 is 11.8 Å². The number of benzene rings is 2. The maximum absolute atomic E-state index is 12.5. The molecule has 0 atom stereocenters. The van der Waals surface area contributed by atoms with Gasteiger partial charge in [0.05, 0.1) is 10.6 Å². The number of rotatable bonds is 6. The third kappa shape index (κ3) is 4.99. The van der Waals surface area contributed by atoms with E-state index in [2.05, 4.69) is 10.6 Å². The monoisotopic (exact) mass is 382 g/mol. The van der Waals surface area contributed by atoms with Gasteiger partial charge in [-0.1, -0.05) is 41.6 Å². The molecular formula is C21H22N2O3S. The topological polar surface area (TPSA) is 67.4 Å². The van der Waals surface area contributed by atoms with Crippen LogP contribution in [0.4, 0.5) is 5.69 Å². The number of methoxy groups -OCH3 is 1. The predicted octanol–water partition coefficient (Wildman–Crippen LogP) is 3.85. The van der Waals surface area contributed by atoms with E-state index in [1.54, 1.807) is 19.2 Å². The zero-order valence-corrected chi connectivity index (χ0v) is 16.2. The molecule has 0 unspecified atom stereocenters. The van der Waals surface area contributed by atoms with Gasteiger partial charge in [-0.2, -0.15) is 0 Å². The number of nitrogens with one attached hydrogen (secondary N) is 2. The maximum Gasteiger partial charge on any atom is 0.262 e. The first kappa shape index (κ1) is 19.2. The molecule has 0 saturated heterocycles. The Morgan fingerprint density at radius 3 is 2.89 bits per heavy atom. The van der Waals surface area contributed by atoms with E-state index in [1.807, 2.05) is 43.3 Å². The van der Waals surface area contributed by atoms with Gasteiger partial charge in [-0.15, -0.1) is 0 Å². The zero-order chi connectivity index (χ0) is 19.2. The summed E-state index contributed by atoms with van der Waals surface area (Å²) in [5, 5.41) is 5.74. The molecule has 1 aliphatic heterocycles. The van der Waals surface area contributed by atoms with Crippen molar-refractivity contribution in [3.63, 3.8) is 0 Å². The lowest BCUT2D eigenvalue weighted by atomic mass is 10.1. The summed E-state index contributed by atoms with van der Waals surface area (Å²) in [6.45, 7) is 3.18. The summed E-state index contributed by atoms with van der Waals surface area (Å²) in [5.74, 6) is -0.319.